The Kier molecular flexibility index (Phi) is 8.69. The quantitative estimate of drug-likeness (QED) is 0.233. The fourth-order valence-corrected chi connectivity index (χ4v) is 5.36. The van der Waals surface area contributed by atoms with E-state index in [1.54, 1.807) is 11.8 Å². The lowest BCUT2D eigenvalue weighted by atomic mass is 10.1. The van der Waals surface area contributed by atoms with Gasteiger partial charge in [0.15, 0.2) is 17.5 Å². The van der Waals surface area contributed by atoms with Gasteiger partial charge in [0.1, 0.15) is 30.6 Å². The van der Waals surface area contributed by atoms with Gasteiger partial charge in [-0.1, -0.05) is 61.3 Å². The Morgan fingerprint density at radius 3 is 2.45 bits per heavy atom. The van der Waals surface area contributed by atoms with Crippen molar-refractivity contribution in [3.63, 3.8) is 0 Å². The highest BCUT2D eigenvalue weighted by Gasteiger charge is 2.37. The zero-order valence-electron chi connectivity index (χ0n) is 23.6. The predicted molar refractivity (Wildman–Crippen MR) is 156 cm³/mol. The lowest BCUT2D eigenvalue weighted by Gasteiger charge is -2.40. The molecule has 5 rings (SSSR count). The van der Waals surface area contributed by atoms with Crippen LogP contribution in [-0.2, 0) is 24.5 Å². The number of rotatable bonds is 10. The number of hydrogen-bond donors (Lipinski definition) is 0. The number of benzene rings is 2. The Labute approximate surface area is 246 Å². The lowest BCUT2D eigenvalue weighted by Crippen LogP contribution is -2.51. The molecule has 0 aliphatic carbocycles. The first-order valence-corrected chi connectivity index (χ1v) is 14.2. The van der Waals surface area contributed by atoms with E-state index in [4.69, 9.17) is 16.3 Å². The van der Waals surface area contributed by atoms with Crippen molar-refractivity contribution in [2.24, 2.45) is 0 Å². The van der Waals surface area contributed by atoms with E-state index in [1.807, 2.05) is 44.2 Å². The second kappa shape index (κ2) is 12.4. The molecule has 0 saturated heterocycles. The number of hydrogen-bond acceptors (Lipinski definition) is 6. The minimum atomic E-state index is -0.925. The van der Waals surface area contributed by atoms with Crippen molar-refractivity contribution in [1.82, 2.24) is 19.3 Å². The van der Waals surface area contributed by atoms with Crippen LogP contribution >= 0.6 is 11.6 Å². The van der Waals surface area contributed by atoms with Gasteiger partial charge in [0.25, 0.3) is 5.91 Å². The summed E-state index contributed by atoms with van der Waals surface area (Å²) < 4.78 is 38.7. The molecule has 42 heavy (non-hydrogen) atoms. The van der Waals surface area contributed by atoms with Gasteiger partial charge >= 0.3 is 5.69 Å². The third-order valence-electron chi connectivity index (χ3n) is 7.22. The standard InChI is InChI=1S/C30H31ClF2N6O3/c1-4-10-19(3)37-18-38(26-22(31)13-9-14-23(26)32)29(40)21-15-24(33)28(34-27(21)37)39-30(41)36(5-2)25(35-39)17-42-16-20-11-7-6-8-12-20/h6-9,11-15,19H,4-5,10,16-18H2,1-3H3. The summed E-state index contributed by atoms with van der Waals surface area (Å²) in [6.07, 6.45) is 1.54. The number of aromatic nitrogens is 4. The summed E-state index contributed by atoms with van der Waals surface area (Å²) in [5, 5.41) is 4.42. The van der Waals surface area contributed by atoms with Gasteiger partial charge in [-0.3, -0.25) is 14.3 Å². The third kappa shape index (κ3) is 5.54. The van der Waals surface area contributed by atoms with Crippen LogP contribution < -0.4 is 15.5 Å². The SMILES string of the molecule is CCCC(C)N1CN(c2c(F)cccc2Cl)C(=O)c2cc(F)c(-n3nc(COCc4ccccc4)n(CC)c3=O)nc21. The van der Waals surface area contributed by atoms with Crippen molar-refractivity contribution in [2.75, 3.05) is 16.5 Å². The summed E-state index contributed by atoms with van der Waals surface area (Å²) in [5.41, 5.74) is 0.212. The molecule has 4 aromatic rings. The summed E-state index contributed by atoms with van der Waals surface area (Å²) in [5.74, 6) is -2.10. The minimum Gasteiger partial charge on any atom is -0.369 e. The summed E-state index contributed by atoms with van der Waals surface area (Å²) >= 11 is 6.30. The van der Waals surface area contributed by atoms with Crippen LogP contribution in [0.4, 0.5) is 20.3 Å². The average molecular weight is 597 g/mol. The molecule has 1 amide bonds. The number of ether oxygens (including phenoxy) is 1. The third-order valence-corrected chi connectivity index (χ3v) is 7.53. The maximum Gasteiger partial charge on any atom is 0.352 e. The van der Waals surface area contributed by atoms with Crippen molar-refractivity contribution >= 4 is 29.0 Å². The van der Waals surface area contributed by atoms with Crippen molar-refractivity contribution in [2.45, 2.75) is 59.4 Å². The number of fused-ring (bicyclic) bond motifs is 1. The highest BCUT2D eigenvalue weighted by Crippen LogP contribution is 2.37. The number of carbonyl (C=O) groups is 1. The molecular weight excluding hydrogens is 566 g/mol. The topological polar surface area (TPSA) is 85.5 Å². The van der Waals surface area contributed by atoms with Crippen molar-refractivity contribution < 1.29 is 18.3 Å². The average Bonchev–Trinajstić information content (AvgIpc) is 3.29. The van der Waals surface area contributed by atoms with Crippen LogP contribution in [0, 0.1) is 11.6 Å². The van der Waals surface area contributed by atoms with E-state index >= 15 is 4.39 Å². The highest BCUT2D eigenvalue weighted by molar-refractivity contribution is 6.34. The van der Waals surface area contributed by atoms with Gasteiger partial charge in [0.2, 0.25) is 0 Å². The number of nitrogens with zero attached hydrogens (tertiary/aromatic N) is 6. The van der Waals surface area contributed by atoms with Crippen LogP contribution in [0.5, 0.6) is 0 Å². The fraction of sp³-hybridized carbons (Fsp3) is 0.333. The maximum absolute atomic E-state index is 15.7. The van der Waals surface area contributed by atoms with Gasteiger partial charge in [-0.15, -0.1) is 5.10 Å². The van der Waals surface area contributed by atoms with E-state index in [9.17, 15) is 14.0 Å². The Bertz CT molecular complexity index is 1640. The molecule has 0 fully saturated rings. The second-order valence-corrected chi connectivity index (χ2v) is 10.5. The van der Waals surface area contributed by atoms with Crippen LogP contribution in [0.2, 0.25) is 5.02 Å². The number of pyridine rings is 1. The summed E-state index contributed by atoms with van der Waals surface area (Å²) in [6, 6.07) is 14.6. The molecule has 1 unspecified atom stereocenters. The summed E-state index contributed by atoms with van der Waals surface area (Å²) in [6.45, 7) is 6.28. The zero-order chi connectivity index (χ0) is 30.0. The van der Waals surface area contributed by atoms with Crippen molar-refractivity contribution in [3.8, 4) is 5.82 Å². The Morgan fingerprint density at radius 1 is 1.00 bits per heavy atom. The van der Waals surface area contributed by atoms with Gasteiger partial charge in [-0.2, -0.15) is 4.68 Å². The number of halogens is 3. The number of carbonyl (C=O) groups excluding carboxylic acids is 1. The van der Waals surface area contributed by atoms with E-state index in [0.29, 0.717) is 18.9 Å². The monoisotopic (exact) mass is 596 g/mol. The van der Waals surface area contributed by atoms with Gasteiger partial charge in [0.05, 0.1) is 17.2 Å². The fourth-order valence-electron chi connectivity index (χ4n) is 5.10. The molecule has 1 aliphatic rings. The zero-order valence-corrected chi connectivity index (χ0v) is 24.3. The normalized spacial score (nSPS) is 13.9. The first-order valence-electron chi connectivity index (χ1n) is 13.8. The largest absolute Gasteiger partial charge is 0.369 e. The number of amides is 1. The van der Waals surface area contributed by atoms with Crippen LogP contribution in [0.3, 0.4) is 0 Å². The first-order chi connectivity index (χ1) is 20.2. The van der Waals surface area contributed by atoms with Gasteiger partial charge in [-0.25, -0.2) is 18.6 Å². The summed E-state index contributed by atoms with van der Waals surface area (Å²) in [7, 11) is 0. The maximum atomic E-state index is 15.7. The number of para-hydroxylation sites is 1. The van der Waals surface area contributed by atoms with Crippen LogP contribution in [0.25, 0.3) is 5.82 Å². The smallest absolute Gasteiger partial charge is 0.352 e. The molecular formula is C30H31ClF2N6O3. The minimum absolute atomic E-state index is 0.0219. The molecule has 0 N–H and O–H groups in total. The number of anilines is 2. The summed E-state index contributed by atoms with van der Waals surface area (Å²) in [4.78, 5) is 34.4. The predicted octanol–water partition coefficient (Wildman–Crippen LogP) is 5.71. The Hall–Kier alpha value is -4.09. The molecule has 0 radical (unpaired) electrons. The van der Waals surface area contributed by atoms with Crippen molar-refractivity contribution in [3.05, 3.63) is 98.7 Å². The van der Waals surface area contributed by atoms with Crippen molar-refractivity contribution in [1.29, 1.82) is 0 Å². The molecule has 9 nitrogen and oxygen atoms in total. The molecule has 0 bridgehead atoms. The lowest BCUT2D eigenvalue weighted by molar-refractivity contribution is 0.0979. The van der Waals surface area contributed by atoms with E-state index in [1.165, 1.54) is 27.7 Å². The molecule has 220 valence electrons. The molecule has 1 aliphatic heterocycles. The van der Waals surface area contributed by atoms with E-state index < -0.39 is 23.2 Å². The molecule has 12 heteroatoms. The Balaban J connectivity index is 1.55. The van der Waals surface area contributed by atoms with E-state index in [-0.39, 0.29) is 53.8 Å². The van der Waals surface area contributed by atoms with E-state index in [2.05, 4.69) is 10.1 Å². The molecule has 0 saturated carbocycles. The first kappa shape index (κ1) is 29.4. The van der Waals surface area contributed by atoms with Gasteiger partial charge in [0, 0.05) is 12.6 Å². The van der Waals surface area contributed by atoms with Gasteiger partial charge in [-0.05, 0) is 44.0 Å². The Morgan fingerprint density at radius 2 is 1.76 bits per heavy atom. The highest BCUT2D eigenvalue weighted by atomic mass is 35.5. The molecule has 2 aromatic carbocycles. The van der Waals surface area contributed by atoms with E-state index in [0.717, 1.165) is 22.7 Å². The molecule has 0 spiro atoms. The van der Waals surface area contributed by atoms with Crippen LogP contribution in [0.15, 0.2) is 59.4 Å². The molecule has 3 heterocycles. The van der Waals surface area contributed by atoms with Gasteiger partial charge < -0.3 is 9.64 Å². The second-order valence-electron chi connectivity index (χ2n) is 10.1. The molecule has 2 aromatic heterocycles. The van der Waals surface area contributed by atoms with Crippen LogP contribution in [0.1, 0.15) is 55.4 Å². The molecule has 1 atom stereocenters. The van der Waals surface area contributed by atoms with Crippen LogP contribution in [-0.4, -0.2) is 37.9 Å².